The predicted octanol–water partition coefficient (Wildman–Crippen LogP) is 5.48. The van der Waals surface area contributed by atoms with Crippen molar-refractivity contribution >= 4 is 29.1 Å². The molecule has 2 amide bonds. The van der Waals surface area contributed by atoms with Gasteiger partial charge in [-0.1, -0.05) is 23.7 Å². The lowest BCUT2D eigenvalue weighted by atomic mass is 10.0. The number of alkyl halides is 6. The van der Waals surface area contributed by atoms with Crippen LogP contribution < -0.4 is 21.3 Å². The van der Waals surface area contributed by atoms with Crippen molar-refractivity contribution in [1.82, 2.24) is 19.6 Å². The Bertz CT molecular complexity index is 1800. The van der Waals surface area contributed by atoms with Crippen LogP contribution in [0.25, 0.3) is 16.8 Å². The molecule has 17 heteroatoms. The number of hydrogen-bond acceptors (Lipinski definition) is 6. The van der Waals surface area contributed by atoms with Gasteiger partial charge < -0.3 is 15.8 Å². The van der Waals surface area contributed by atoms with Gasteiger partial charge in [0.2, 0.25) is 11.8 Å². The SMILES string of the molecule is CC[C@@H](C(=O)Nc1ccc(C(N)=O)c(C(F)(F)F)c1)n1cc(OC)c(-c2cc(Cl)ccc2-n2cc(C(F)(F)F)nn2)cc1=O. The molecule has 232 valence electrons. The monoisotopic (exact) mass is 642 g/mol. The topological polar surface area (TPSA) is 134 Å². The number of halogens is 7. The second-order valence-electron chi connectivity index (χ2n) is 9.24. The van der Waals surface area contributed by atoms with Crippen LogP contribution in [0, 0.1) is 0 Å². The number of carbonyl (C=O) groups is 2. The summed E-state index contributed by atoms with van der Waals surface area (Å²) in [7, 11) is 1.25. The van der Waals surface area contributed by atoms with Crippen LogP contribution in [0.1, 0.15) is 41.0 Å². The molecule has 0 aliphatic rings. The zero-order valence-electron chi connectivity index (χ0n) is 22.6. The highest BCUT2D eigenvalue weighted by Crippen LogP contribution is 2.37. The number of primary amides is 1. The Morgan fingerprint density at radius 2 is 1.73 bits per heavy atom. The van der Waals surface area contributed by atoms with Gasteiger partial charge in [-0.3, -0.25) is 19.0 Å². The molecule has 0 unspecified atom stereocenters. The first kappa shape index (κ1) is 32.1. The van der Waals surface area contributed by atoms with Crippen molar-refractivity contribution in [3.8, 4) is 22.6 Å². The maximum Gasteiger partial charge on any atom is 0.436 e. The molecule has 4 rings (SSSR count). The number of hydrogen-bond donors (Lipinski definition) is 2. The molecular weight excluding hydrogens is 622 g/mol. The molecule has 4 aromatic rings. The summed E-state index contributed by atoms with van der Waals surface area (Å²) in [5.74, 6) is -2.18. The Hall–Kier alpha value is -4.86. The smallest absolute Gasteiger partial charge is 0.436 e. The molecule has 3 N–H and O–H groups in total. The molecule has 1 atom stereocenters. The van der Waals surface area contributed by atoms with Gasteiger partial charge in [-0.25, -0.2) is 4.68 Å². The van der Waals surface area contributed by atoms with Crippen LogP contribution in [0.15, 0.2) is 59.7 Å². The minimum atomic E-state index is -4.95. The molecule has 2 aromatic heterocycles. The van der Waals surface area contributed by atoms with Gasteiger partial charge in [-0.15, -0.1) is 5.10 Å². The molecule has 0 radical (unpaired) electrons. The van der Waals surface area contributed by atoms with E-state index in [0.717, 1.165) is 27.4 Å². The Morgan fingerprint density at radius 1 is 1.02 bits per heavy atom. The molecule has 0 saturated heterocycles. The summed E-state index contributed by atoms with van der Waals surface area (Å²) in [6.45, 7) is 1.55. The van der Waals surface area contributed by atoms with Gasteiger partial charge in [0.25, 0.3) is 5.56 Å². The predicted molar refractivity (Wildman–Crippen MR) is 146 cm³/mol. The lowest BCUT2D eigenvalue weighted by molar-refractivity contribution is -0.141. The van der Waals surface area contributed by atoms with Crippen LogP contribution in [0.3, 0.4) is 0 Å². The number of carbonyl (C=O) groups excluding carboxylic acids is 2. The summed E-state index contributed by atoms with van der Waals surface area (Å²) in [5.41, 5.74) is 0.858. The van der Waals surface area contributed by atoms with Gasteiger partial charge in [0.1, 0.15) is 11.8 Å². The fraction of sp³-hybridized carbons (Fsp3) is 0.222. The molecule has 44 heavy (non-hydrogen) atoms. The third-order valence-corrected chi connectivity index (χ3v) is 6.66. The number of nitrogens with one attached hydrogen (secondary N) is 1. The van der Waals surface area contributed by atoms with Gasteiger partial charge in [-0.05, 0) is 42.8 Å². The summed E-state index contributed by atoms with van der Waals surface area (Å²) in [6, 6.07) is 6.35. The van der Waals surface area contributed by atoms with E-state index in [9.17, 15) is 40.7 Å². The summed E-state index contributed by atoms with van der Waals surface area (Å²) in [5, 5.41) is 9.16. The molecule has 0 spiro atoms. The van der Waals surface area contributed by atoms with E-state index in [0.29, 0.717) is 12.3 Å². The third-order valence-electron chi connectivity index (χ3n) is 6.43. The number of anilines is 1. The number of nitrogens with zero attached hydrogens (tertiary/aromatic N) is 4. The Balaban J connectivity index is 1.75. The number of methoxy groups -OCH3 is 1. The van der Waals surface area contributed by atoms with Crippen molar-refractivity contribution in [2.24, 2.45) is 5.73 Å². The number of aromatic nitrogens is 4. The van der Waals surface area contributed by atoms with Crippen molar-refractivity contribution in [2.75, 3.05) is 12.4 Å². The minimum Gasteiger partial charge on any atom is -0.495 e. The highest BCUT2D eigenvalue weighted by molar-refractivity contribution is 6.31. The Kier molecular flexibility index (Phi) is 8.76. The standard InChI is InChI=1S/C27H21ClF6N6O4/c1-3-19(25(43)36-14-5-6-15(24(35)42)18(9-14)26(29,30)31)39-11-21(44-2)17(10-23(39)41)16-8-13(28)4-7-20(16)40-12-22(37-38-40)27(32,33)34/h4-12,19H,3H2,1-2H3,(H2,35,42)(H,36,43)/t19-/m0/s1. The number of ether oxygens (including phenoxy) is 1. The summed E-state index contributed by atoms with van der Waals surface area (Å²) < 4.78 is 87.2. The van der Waals surface area contributed by atoms with E-state index in [-0.39, 0.29) is 39.7 Å². The van der Waals surface area contributed by atoms with Gasteiger partial charge in [0.15, 0.2) is 5.69 Å². The number of amides is 2. The van der Waals surface area contributed by atoms with E-state index in [1.807, 2.05) is 0 Å². The van der Waals surface area contributed by atoms with Crippen LogP contribution >= 0.6 is 11.6 Å². The molecule has 2 aromatic carbocycles. The molecule has 0 aliphatic heterocycles. The summed E-state index contributed by atoms with van der Waals surface area (Å²) in [6.07, 6.45) is -7.89. The van der Waals surface area contributed by atoms with Crippen molar-refractivity contribution in [2.45, 2.75) is 31.7 Å². The van der Waals surface area contributed by atoms with Crippen LogP contribution in [0.5, 0.6) is 5.75 Å². The van der Waals surface area contributed by atoms with E-state index in [1.54, 1.807) is 6.92 Å². The minimum absolute atomic E-state index is 0.000644. The van der Waals surface area contributed by atoms with Crippen molar-refractivity contribution in [3.63, 3.8) is 0 Å². The fourth-order valence-corrected chi connectivity index (χ4v) is 4.56. The van der Waals surface area contributed by atoms with Crippen molar-refractivity contribution < 1.29 is 40.7 Å². The van der Waals surface area contributed by atoms with E-state index >= 15 is 0 Å². The van der Waals surface area contributed by atoms with Gasteiger partial charge in [0.05, 0.1) is 36.3 Å². The zero-order chi connectivity index (χ0) is 32.6. The van der Waals surface area contributed by atoms with E-state index < -0.39 is 52.6 Å². The number of rotatable bonds is 8. The van der Waals surface area contributed by atoms with Crippen LogP contribution in [0.4, 0.5) is 32.0 Å². The number of benzene rings is 2. The largest absolute Gasteiger partial charge is 0.495 e. The second kappa shape index (κ2) is 12.0. The summed E-state index contributed by atoms with van der Waals surface area (Å²) >= 11 is 6.16. The quantitative estimate of drug-likeness (QED) is 0.244. The molecule has 2 heterocycles. The maximum absolute atomic E-state index is 13.5. The van der Waals surface area contributed by atoms with Crippen molar-refractivity contribution in [3.05, 3.63) is 87.1 Å². The average molecular weight is 643 g/mol. The molecule has 0 saturated carbocycles. The summed E-state index contributed by atoms with van der Waals surface area (Å²) in [4.78, 5) is 38.0. The lowest BCUT2D eigenvalue weighted by Crippen LogP contribution is -2.33. The van der Waals surface area contributed by atoms with Gasteiger partial charge in [0, 0.05) is 27.9 Å². The van der Waals surface area contributed by atoms with Crippen LogP contribution in [0.2, 0.25) is 5.02 Å². The zero-order valence-corrected chi connectivity index (χ0v) is 23.4. The van der Waals surface area contributed by atoms with Crippen LogP contribution in [-0.4, -0.2) is 38.5 Å². The highest BCUT2D eigenvalue weighted by atomic mass is 35.5. The maximum atomic E-state index is 13.5. The van der Waals surface area contributed by atoms with Gasteiger partial charge >= 0.3 is 12.4 Å². The second-order valence-corrected chi connectivity index (χ2v) is 9.68. The lowest BCUT2D eigenvalue weighted by Gasteiger charge is -2.21. The molecule has 0 bridgehead atoms. The normalized spacial score (nSPS) is 12.6. The van der Waals surface area contributed by atoms with Crippen LogP contribution in [-0.2, 0) is 17.1 Å². The molecule has 10 nitrogen and oxygen atoms in total. The van der Waals surface area contributed by atoms with E-state index in [1.165, 1.54) is 31.5 Å². The molecule has 0 aliphatic carbocycles. The first-order valence-electron chi connectivity index (χ1n) is 12.5. The van der Waals surface area contributed by atoms with Crippen molar-refractivity contribution in [1.29, 1.82) is 0 Å². The first-order valence-corrected chi connectivity index (χ1v) is 12.8. The fourth-order valence-electron chi connectivity index (χ4n) is 4.39. The Labute approximate surface area is 249 Å². The first-order chi connectivity index (χ1) is 20.5. The molecular formula is C27H21ClF6N6O4. The van der Waals surface area contributed by atoms with E-state index in [2.05, 4.69) is 15.6 Å². The van der Waals surface area contributed by atoms with E-state index in [4.69, 9.17) is 22.1 Å². The Morgan fingerprint density at radius 3 is 2.30 bits per heavy atom. The number of pyridine rings is 1. The molecule has 0 fully saturated rings. The third kappa shape index (κ3) is 6.54. The number of nitrogens with two attached hydrogens (primary N) is 1. The average Bonchev–Trinajstić information content (AvgIpc) is 3.44. The highest BCUT2D eigenvalue weighted by Gasteiger charge is 2.36. The van der Waals surface area contributed by atoms with Gasteiger partial charge in [-0.2, -0.15) is 26.3 Å².